The van der Waals surface area contributed by atoms with Gasteiger partial charge in [0.15, 0.2) is 0 Å². The van der Waals surface area contributed by atoms with Gasteiger partial charge in [-0.1, -0.05) is 12.1 Å². The highest BCUT2D eigenvalue weighted by Crippen LogP contribution is 2.11. The van der Waals surface area contributed by atoms with Crippen LogP contribution >= 0.6 is 0 Å². The largest absolute Gasteiger partial charge is 0.319 e. The van der Waals surface area contributed by atoms with Crippen LogP contribution in [-0.4, -0.2) is 24.0 Å². The van der Waals surface area contributed by atoms with Crippen LogP contribution in [-0.2, 0) is 6.42 Å². The molecule has 1 aromatic rings. The minimum Gasteiger partial charge on any atom is -0.319 e. The molecular formula is C9H14N2O2. The summed E-state index contributed by atoms with van der Waals surface area (Å²) in [5.41, 5.74) is 1.54. The third kappa shape index (κ3) is 3.02. The third-order valence-corrected chi connectivity index (χ3v) is 1.83. The average Bonchev–Trinajstić information content (AvgIpc) is 2.15. The summed E-state index contributed by atoms with van der Waals surface area (Å²) in [6, 6.07) is 7.05. The van der Waals surface area contributed by atoms with Gasteiger partial charge >= 0.3 is 0 Å². The first kappa shape index (κ1) is 9.98. The van der Waals surface area contributed by atoms with Crippen molar-refractivity contribution in [3.05, 3.63) is 29.8 Å². The Morgan fingerprint density at radius 2 is 1.85 bits per heavy atom. The van der Waals surface area contributed by atoms with Crippen molar-refractivity contribution in [2.75, 3.05) is 18.8 Å². The fourth-order valence-corrected chi connectivity index (χ4v) is 1.07. The number of rotatable bonds is 4. The molecule has 0 bridgehead atoms. The van der Waals surface area contributed by atoms with E-state index in [-0.39, 0.29) is 5.23 Å². The first-order chi connectivity index (χ1) is 6.24. The van der Waals surface area contributed by atoms with Crippen LogP contribution in [0.5, 0.6) is 0 Å². The van der Waals surface area contributed by atoms with Crippen LogP contribution in [0.2, 0.25) is 0 Å². The number of nitrogens with zero attached hydrogens (tertiary/aromatic N) is 1. The topological polar surface area (TPSA) is 55.7 Å². The van der Waals surface area contributed by atoms with Crippen molar-refractivity contribution in [3.8, 4) is 0 Å². The van der Waals surface area contributed by atoms with E-state index in [1.165, 1.54) is 5.56 Å². The van der Waals surface area contributed by atoms with Crippen molar-refractivity contribution in [2.24, 2.45) is 0 Å². The first-order valence-electron chi connectivity index (χ1n) is 4.15. The fourth-order valence-electron chi connectivity index (χ4n) is 1.07. The second-order valence-electron chi connectivity index (χ2n) is 2.81. The Labute approximate surface area is 77.3 Å². The smallest absolute Gasteiger partial charge is 0.0942 e. The van der Waals surface area contributed by atoms with Crippen LogP contribution in [0.25, 0.3) is 0 Å². The van der Waals surface area contributed by atoms with Crippen LogP contribution in [0.4, 0.5) is 5.69 Å². The van der Waals surface area contributed by atoms with Crippen molar-refractivity contribution in [1.82, 2.24) is 5.32 Å². The summed E-state index contributed by atoms with van der Waals surface area (Å²) in [7, 11) is 1.90. The summed E-state index contributed by atoms with van der Waals surface area (Å²) < 4.78 is 0. The van der Waals surface area contributed by atoms with Gasteiger partial charge in [0.05, 0.1) is 5.69 Å². The molecule has 0 fully saturated rings. The van der Waals surface area contributed by atoms with Crippen molar-refractivity contribution < 1.29 is 10.4 Å². The highest BCUT2D eigenvalue weighted by Gasteiger charge is 1.97. The second kappa shape index (κ2) is 4.81. The quantitative estimate of drug-likeness (QED) is 0.609. The molecule has 0 radical (unpaired) electrons. The lowest BCUT2D eigenvalue weighted by molar-refractivity contribution is 0.0291. The predicted octanol–water partition coefficient (Wildman–Crippen LogP) is 1.03. The van der Waals surface area contributed by atoms with Gasteiger partial charge < -0.3 is 5.32 Å². The normalized spacial score (nSPS) is 10.1. The van der Waals surface area contributed by atoms with E-state index in [9.17, 15) is 0 Å². The standard InChI is InChI=1S/C9H14N2O2/c1-10-7-6-8-2-4-9(5-3-8)11(12)13/h2-5,10,12-13H,6-7H2,1H3. The van der Waals surface area contributed by atoms with E-state index in [4.69, 9.17) is 10.4 Å². The Balaban J connectivity index is 2.59. The van der Waals surface area contributed by atoms with Crippen molar-refractivity contribution >= 4 is 5.69 Å². The summed E-state index contributed by atoms with van der Waals surface area (Å²) in [6.07, 6.45) is 0.938. The Hall–Kier alpha value is -1.10. The Morgan fingerprint density at radius 3 is 2.31 bits per heavy atom. The van der Waals surface area contributed by atoms with E-state index in [0.29, 0.717) is 5.69 Å². The molecular weight excluding hydrogens is 168 g/mol. The maximum atomic E-state index is 8.67. The van der Waals surface area contributed by atoms with Gasteiger partial charge in [0.25, 0.3) is 0 Å². The maximum absolute atomic E-state index is 8.67. The van der Waals surface area contributed by atoms with Gasteiger partial charge in [-0.05, 0) is 37.7 Å². The molecule has 0 aliphatic heterocycles. The van der Waals surface area contributed by atoms with E-state index in [1.807, 2.05) is 19.2 Å². The van der Waals surface area contributed by atoms with Gasteiger partial charge in [0.1, 0.15) is 0 Å². The predicted molar refractivity (Wildman–Crippen MR) is 50.1 cm³/mol. The molecule has 0 aromatic heterocycles. The summed E-state index contributed by atoms with van der Waals surface area (Å²) in [6.45, 7) is 0.918. The summed E-state index contributed by atoms with van der Waals surface area (Å²) >= 11 is 0. The summed E-state index contributed by atoms with van der Waals surface area (Å²) in [5.74, 6) is 0. The maximum Gasteiger partial charge on any atom is 0.0942 e. The molecule has 4 heteroatoms. The first-order valence-corrected chi connectivity index (χ1v) is 4.15. The van der Waals surface area contributed by atoms with Gasteiger partial charge in [0.2, 0.25) is 0 Å². The minimum absolute atomic E-state index is 0.113. The minimum atomic E-state index is 0.113. The lowest BCUT2D eigenvalue weighted by Gasteiger charge is -2.08. The molecule has 0 aliphatic carbocycles. The van der Waals surface area contributed by atoms with Gasteiger partial charge in [-0.15, -0.1) is 5.23 Å². The molecule has 13 heavy (non-hydrogen) atoms. The Bertz CT molecular complexity index is 246. The molecule has 1 aromatic carbocycles. The molecule has 0 atom stereocenters. The van der Waals surface area contributed by atoms with Crippen LogP contribution in [0.15, 0.2) is 24.3 Å². The lowest BCUT2D eigenvalue weighted by atomic mass is 10.1. The van der Waals surface area contributed by atoms with Gasteiger partial charge in [0, 0.05) is 0 Å². The molecule has 0 saturated carbocycles. The van der Waals surface area contributed by atoms with E-state index in [1.54, 1.807) is 12.1 Å². The SMILES string of the molecule is CNCCc1ccc(N(O)O)cc1. The molecule has 72 valence electrons. The van der Waals surface area contributed by atoms with Crippen molar-refractivity contribution in [3.63, 3.8) is 0 Å². The average molecular weight is 182 g/mol. The number of nitrogens with one attached hydrogen (secondary N) is 1. The monoisotopic (exact) mass is 182 g/mol. The lowest BCUT2D eigenvalue weighted by Crippen LogP contribution is -2.12. The zero-order valence-electron chi connectivity index (χ0n) is 7.57. The van der Waals surface area contributed by atoms with Crippen molar-refractivity contribution in [1.29, 1.82) is 0 Å². The molecule has 3 N–H and O–H groups in total. The van der Waals surface area contributed by atoms with E-state index in [0.717, 1.165) is 13.0 Å². The van der Waals surface area contributed by atoms with E-state index >= 15 is 0 Å². The van der Waals surface area contributed by atoms with E-state index < -0.39 is 0 Å². The molecule has 0 heterocycles. The van der Waals surface area contributed by atoms with Crippen molar-refractivity contribution in [2.45, 2.75) is 6.42 Å². The molecule has 0 spiro atoms. The highest BCUT2D eigenvalue weighted by atomic mass is 16.8. The Morgan fingerprint density at radius 1 is 1.23 bits per heavy atom. The van der Waals surface area contributed by atoms with Crippen LogP contribution < -0.4 is 10.5 Å². The molecule has 1 rings (SSSR count). The summed E-state index contributed by atoms with van der Waals surface area (Å²) in [5, 5.41) is 20.5. The molecule has 0 aliphatic rings. The second-order valence-corrected chi connectivity index (χ2v) is 2.81. The van der Waals surface area contributed by atoms with Gasteiger partial charge in [-0.3, -0.25) is 10.4 Å². The number of hydrogen-bond acceptors (Lipinski definition) is 4. The molecule has 0 amide bonds. The number of likely N-dealkylation sites (N-methyl/N-ethyl adjacent to an activating group) is 1. The molecule has 4 nitrogen and oxygen atoms in total. The van der Waals surface area contributed by atoms with Crippen LogP contribution in [0.1, 0.15) is 5.56 Å². The third-order valence-electron chi connectivity index (χ3n) is 1.83. The Kier molecular flexibility index (Phi) is 3.70. The van der Waals surface area contributed by atoms with Gasteiger partial charge in [-0.2, -0.15) is 0 Å². The molecule has 0 unspecified atom stereocenters. The van der Waals surface area contributed by atoms with E-state index in [2.05, 4.69) is 5.32 Å². The zero-order valence-corrected chi connectivity index (χ0v) is 7.57. The van der Waals surface area contributed by atoms with Crippen LogP contribution in [0.3, 0.4) is 0 Å². The zero-order chi connectivity index (χ0) is 9.68. The molecule has 0 saturated heterocycles. The number of benzene rings is 1. The fraction of sp³-hybridized carbons (Fsp3) is 0.333. The number of anilines is 1. The van der Waals surface area contributed by atoms with Gasteiger partial charge in [-0.25, -0.2) is 0 Å². The number of hydrogen-bond donors (Lipinski definition) is 3. The summed E-state index contributed by atoms with van der Waals surface area (Å²) in [4.78, 5) is 0. The van der Waals surface area contributed by atoms with Crippen LogP contribution in [0, 0.1) is 0 Å². The highest BCUT2D eigenvalue weighted by molar-refractivity contribution is 5.42.